The van der Waals surface area contributed by atoms with Crippen molar-refractivity contribution in [1.82, 2.24) is 15.1 Å². The fraction of sp³-hybridized carbons (Fsp3) is 0.923. The molecule has 1 unspecified atom stereocenters. The Hall–Kier alpha value is -0.690. The van der Waals surface area contributed by atoms with E-state index in [0.29, 0.717) is 19.8 Å². The van der Waals surface area contributed by atoms with Crippen molar-refractivity contribution < 1.29 is 14.6 Å². The van der Waals surface area contributed by atoms with E-state index in [-0.39, 0.29) is 11.9 Å². The van der Waals surface area contributed by atoms with Crippen LogP contribution < -0.4 is 5.32 Å². The van der Waals surface area contributed by atoms with Gasteiger partial charge in [0.15, 0.2) is 0 Å². The summed E-state index contributed by atoms with van der Waals surface area (Å²) in [6, 6.07) is -0.186. The third-order valence-electron chi connectivity index (χ3n) is 3.51. The number of β-amino-alcohol motifs (C(OH)–C–C–N with tert-alkyl or cyclic N) is 1. The van der Waals surface area contributed by atoms with Gasteiger partial charge in [-0.1, -0.05) is 0 Å². The van der Waals surface area contributed by atoms with E-state index in [1.165, 1.54) is 0 Å². The van der Waals surface area contributed by atoms with Crippen LogP contribution in [0.5, 0.6) is 0 Å². The zero-order valence-electron chi connectivity index (χ0n) is 11.9. The van der Waals surface area contributed by atoms with Crippen molar-refractivity contribution in [2.24, 2.45) is 0 Å². The van der Waals surface area contributed by atoms with Crippen LogP contribution in [0.4, 0.5) is 0 Å². The highest BCUT2D eigenvalue weighted by molar-refractivity contribution is 5.82. The maximum Gasteiger partial charge on any atom is 0.242 e. The van der Waals surface area contributed by atoms with Gasteiger partial charge in [0.25, 0.3) is 0 Å². The van der Waals surface area contributed by atoms with Crippen molar-refractivity contribution in [3.8, 4) is 0 Å². The minimum absolute atomic E-state index is 0.141. The number of ether oxygens (including phenoxy) is 1. The molecule has 110 valence electrons. The summed E-state index contributed by atoms with van der Waals surface area (Å²) >= 11 is 0. The van der Waals surface area contributed by atoms with E-state index in [9.17, 15) is 9.90 Å². The van der Waals surface area contributed by atoms with Crippen molar-refractivity contribution in [3.63, 3.8) is 0 Å². The molecule has 0 bridgehead atoms. The Bertz CT molecular complexity index is 303. The molecular formula is C13H25N3O3. The number of hydrogen-bond donors (Lipinski definition) is 2. The normalized spacial score (nSPS) is 26.5. The maximum atomic E-state index is 12.3. The zero-order chi connectivity index (χ0) is 13.9. The second-order valence-electron chi connectivity index (χ2n) is 6.00. The molecule has 2 N–H and O–H groups in total. The summed E-state index contributed by atoms with van der Waals surface area (Å²) in [5, 5.41) is 13.0. The quantitative estimate of drug-likeness (QED) is 0.681. The van der Waals surface area contributed by atoms with E-state index in [1.54, 1.807) is 0 Å². The molecule has 0 aliphatic carbocycles. The van der Waals surface area contributed by atoms with Gasteiger partial charge in [0.05, 0.1) is 18.8 Å². The van der Waals surface area contributed by atoms with Crippen LogP contribution in [0.2, 0.25) is 0 Å². The molecule has 0 aromatic heterocycles. The molecule has 6 nitrogen and oxygen atoms in total. The number of carbonyl (C=O) groups is 1. The van der Waals surface area contributed by atoms with Crippen LogP contribution in [0.3, 0.4) is 0 Å². The highest BCUT2D eigenvalue weighted by Gasteiger charge is 2.29. The minimum atomic E-state index is -0.676. The smallest absolute Gasteiger partial charge is 0.242 e. The molecule has 0 spiro atoms. The number of hydrogen-bond acceptors (Lipinski definition) is 5. The van der Waals surface area contributed by atoms with Crippen molar-refractivity contribution in [3.05, 3.63) is 0 Å². The Balaban J connectivity index is 1.77. The van der Waals surface area contributed by atoms with E-state index in [2.05, 4.69) is 10.2 Å². The molecule has 19 heavy (non-hydrogen) atoms. The number of morpholine rings is 1. The van der Waals surface area contributed by atoms with Crippen molar-refractivity contribution >= 4 is 5.91 Å². The fourth-order valence-corrected chi connectivity index (χ4v) is 2.62. The SMILES string of the molecule is CC(C)(O)CN1CCN(C(=O)C2COCCN2)CC1. The lowest BCUT2D eigenvalue weighted by atomic mass is 10.1. The average molecular weight is 271 g/mol. The maximum absolute atomic E-state index is 12.3. The van der Waals surface area contributed by atoms with Crippen LogP contribution in [0.15, 0.2) is 0 Å². The predicted molar refractivity (Wildman–Crippen MR) is 71.9 cm³/mol. The van der Waals surface area contributed by atoms with Gasteiger partial charge in [0, 0.05) is 39.3 Å². The number of rotatable bonds is 3. The largest absolute Gasteiger partial charge is 0.389 e. The van der Waals surface area contributed by atoms with Gasteiger partial charge in [-0.05, 0) is 13.8 Å². The molecule has 1 atom stereocenters. The highest BCUT2D eigenvalue weighted by Crippen LogP contribution is 2.10. The molecule has 1 amide bonds. The molecule has 0 aromatic rings. The molecule has 2 saturated heterocycles. The highest BCUT2D eigenvalue weighted by atomic mass is 16.5. The number of nitrogens with zero attached hydrogens (tertiary/aromatic N) is 2. The summed E-state index contributed by atoms with van der Waals surface area (Å²) in [7, 11) is 0. The fourth-order valence-electron chi connectivity index (χ4n) is 2.62. The van der Waals surface area contributed by atoms with Crippen LogP contribution in [0, 0.1) is 0 Å². The van der Waals surface area contributed by atoms with Gasteiger partial charge < -0.3 is 20.1 Å². The lowest BCUT2D eigenvalue weighted by Gasteiger charge is -2.39. The average Bonchev–Trinajstić information content (AvgIpc) is 2.38. The zero-order valence-corrected chi connectivity index (χ0v) is 11.9. The summed E-state index contributed by atoms with van der Waals surface area (Å²) in [5.74, 6) is 0.141. The summed E-state index contributed by atoms with van der Waals surface area (Å²) in [4.78, 5) is 16.4. The Labute approximate surface area is 114 Å². The van der Waals surface area contributed by atoms with E-state index in [0.717, 1.165) is 32.7 Å². The monoisotopic (exact) mass is 271 g/mol. The predicted octanol–water partition coefficient (Wildman–Crippen LogP) is -1.11. The number of amides is 1. The van der Waals surface area contributed by atoms with Gasteiger partial charge in [0.1, 0.15) is 6.04 Å². The lowest BCUT2D eigenvalue weighted by molar-refractivity contribution is -0.138. The van der Waals surface area contributed by atoms with Crippen LogP contribution in [0.25, 0.3) is 0 Å². The number of carbonyl (C=O) groups excluding carboxylic acids is 1. The summed E-state index contributed by atoms with van der Waals surface area (Å²) in [6.45, 7) is 9.29. The van der Waals surface area contributed by atoms with Gasteiger partial charge in [-0.2, -0.15) is 0 Å². The van der Waals surface area contributed by atoms with Crippen LogP contribution >= 0.6 is 0 Å². The second-order valence-corrected chi connectivity index (χ2v) is 6.00. The first-order chi connectivity index (χ1) is 8.96. The molecule has 2 fully saturated rings. The molecule has 0 aromatic carbocycles. The third-order valence-corrected chi connectivity index (χ3v) is 3.51. The third kappa shape index (κ3) is 4.42. The number of piperazine rings is 1. The minimum Gasteiger partial charge on any atom is -0.389 e. The first-order valence-electron chi connectivity index (χ1n) is 7.00. The molecule has 6 heteroatoms. The number of nitrogens with one attached hydrogen (secondary N) is 1. The molecular weight excluding hydrogens is 246 g/mol. The molecule has 2 aliphatic heterocycles. The Kier molecular flexibility index (Phi) is 4.78. The molecule has 0 radical (unpaired) electrons. The van der Waals surface area contributed by atoms with Crippen molar-refractivity contribution in [2.45, 2.75) is 25.5 Å². The first kappa shape index (κ1) is 14.7. The topological polar surface area (TPSA) is 65.0 Å². The Morgan fingerprint density at radius 1 is 1.37 bits per heavy atom. The van der Waals surface area contributed by atoms with Gasteiger partial charge in [-0.3, -0.25) is 9.69 Å². The summed E-state index contributed by atoms with van der Waals surface area (Å²) in [6.07, 6.45) is 0. The van der Waals surface area contributed by atoms with Crippen LogP contribution in [0.1, 0.15) is 13.8 Å². The van der Waals surface area contributed by atoms with Crippen LogP contribution in [-0.2, 0) is 9.53 Å². The van der Waals surface area contributed by atoms with E-state index < -0.39 is 5.60 Å². The van der Waals surface area contributed by atoms with Crippen LogP contribution in [-0.4, -0.2) is 84.9 Å². The molecule has 2 rings (SSSR count). The van der Waals surface area contributed by atoms with Gasteiger partial charge >= 0.3 is 0 Å². The summed E-state index contributed by atoms with van der Waals surface area (Å²) in [5.41, 5.74) is -0.676. The van der Waals surface area contributed by atoms with Gasteiger partial charge in [0.2, 0.25) is 5.91 Å². The molecule has 2 heterocycles. The summed E-state index contributed by atoms with van der Waals surface area (Å²) < 4.78 is 5.33. The van der Waals surface area contributed by atoms with Gasteiger partial charge in [-0.15, -0.1) is 0 Å². The van der Waals surface area contributed by atoms with Crippen molar-refractivity contribution in [1.29, 1.82) is 0 Å². The van der Waals surface area contributed by atoms with E-state index in [4.69, 9.17) is 4.74 Å². The van der Waals surface area contributed by atoms with Crippen molar-refractivity contribution in [2.75, 3.05) is 52.5 Å². The first-order valence-corrected chi connectivity index (χ1v) is 7.00. The molecule has 2 aliphatic rings. The van der Waals surface area contributed by atoms with Gasteiger partial charge in [-0.25, -0.2) is 0 Å². The standard InChI is InChI=1S/C13H25N3O3/c1-13(2,18)10-15-4-6-16(7-5-15)12(17)11-9-19-8-3-14-11/h11,14,18H,3-10H2,1-2H3. The van der Waals surface area contributed by atoms with E-state index in [1.807, 2.05) is 18.7 Å². The molecule has 0 saturated carbocycles. The number of aliphatic hydroxyl groups is 1. The lowest BCUT2D eigenvalue weighted by Crippen LogP contribution is -2.58. The Morgan fingerprint density at radius 2 is 2.05 bits per heavy atom. The Morgan fingerprint density at radius 3 is 2.58 bits per heavy atom. The second kappa shape index (κ2) is 6.17. The van der Waals surface area contributed by atoms with E-state index >= 15 is 0 Å².